The van der Waals surface area contributed by atoms with Crippen molar-refractivity contribution >= 4 is 40.9 Å². The van der Waals surface area contributed by atoms with Crippen LogP contribution in [0.1, 0.15) is 18.2 Å². The minimum atomic E-state index is -0.850. The maximum atomic E-state index is 10.6. The van der Waals surface area contributed by atoms with Gasteiger partial charge < -0.3 is 5.11 Å². The van der Waals surface area contributed by atoms with Crippen LogP contribution in [0.15, 0.2) is 6.07 Å². The van der Waals surface area contributed by atoms with Crippen molar-refractivity contribution in [2.45, 2.75) is 24.9 Å². The molecule has 0 fully saturated rings. The summed E-state index contributed by atoms with van der Waals surface area (Å²) in [4.78, 5) is 14.7. The Hall–Kier alpha value is -0.450. The Bertz CT molecular complexity index is 389. The van der Waals surface area contributed by atoms with Crippen LogP contribution in [0.25, 0.3) is 0 Å². The van der Waals surface area contributed by atoms with E-state index >= 15 is 0 Å². The van der Waals surface area contributed by atoms with E-state index in [-0.39, 0.29) is 0 Å². The van der Waals surface area contributed by atoms with E-state index < -0.39 is 11.2 Å². The first kappa shape index (κ1) is 13.6. The van der Waals surface area contributed by atoms with Gasteiger partial charge in [0, 0.05) is 22.0 Å². The largest absolute Gasteiger partial charge is 0.480 e. The number of halogens is 2. The Morgan fingerprint density at radius 3 is 2.75 bits per heavy atom. The van der Waals surface area contributed by atoms with Gasteiger partial charge in [-0.1, -0.05) is 23.2 Å². The molecule has 0 aromatic carbocycles. The molecule has 1 unspecified atom stereocenters. The molecule has 0 aliphatic rings. The monoisotopic (exact) mass is 279 g/mol. The van der Waals surface area contributed by atoms with Crippen molar-refractivity contribution in [3.63, 3.8) is 0 Å². The molecule has 0 bridgehead atoms. The van der Waals surface area contributed by atoms with Crippen molar-refractivity contribution in [1.29, 1.82) is 0 Å². The second-order valence-electron chi connectivity index (χ2n) is 3.31. The van der Waals surface area contributed by atoms with Crippen LogP contribution in [0, 0.1) is 6.92 Å². The molecular formula is C10H11Cl2NO2S. The summed E-state index contributed by atoms with van der Waals surface area (Å²) in [7, 11) is 0. The summed E-state index contributed by atoms with van der Waals surface area (Å²) in [6.07, 6.45) is 0. The highest BCUT2D eigenvalue weighted by Gasteiger charge is 2.14. The zero-order valence-corrected chi connectivity index (χ0v) is 11.2. The van der Waals surface area contributed by atoms with E-state index in [4.69, 9.17) is 28.3 Å². The number of carboxylic acid groups (broad SMARTS) is 1. The van der Waals surface area contributed by atoms with Crippen molar-refractivity contribution in [3.05, 3.63) is 27.5 Å². The van der Waals surface area contributed by atoms with Crippen LogP contribution in [-0.4, -0.2) is 21.3 Å². The van der Waals surface area contributed by atoms with Gasteiger partial charge >= 0.3 is 5.97 Å². The van der Waals surface area contributed by atoms with Crippen LogP contribution >= 0.6 is 35.0 Å². The Morgan fingerprint density at radius 2 is 2.25 bits per heavy atom. The SMILES string of the molecule is Cc1cc(Cl)c(CSC(C)C(=O)O)c(Cl)n1. The lowest BCUT2D eigenvalue weighted by atomic mass is 10.3. The molecule has 16 heavy (non-hydrogen) atoms. The third-order valence-electron chi connectivity index (χ3n) is 1.97. The molecule has 0 radical (unpaired) electrons. The number of carboxylic acids is 1. The molecule has 0 amide bonds. The summed E-state index contributed by atoms with van der Waals surface area (Å²) in [5.41, 5.74) is 1.43. The van der Waals surface area contributed by atoms with Crippen LogP contribution in [0.5, 0.6) is 0 Å². The van der Waals surface area contributed by atoms with E-state index in [2.05, 4.69) is 4.98 Å². The minimum absolute atomic E-state index is 0.343. The molecule has 0 saturated heterocycles. The number of carbonyl (C=O) groups is 1. The van der Waals surface area contributed by atoms with Crippen molar-refractivity contribution < 1.29 is 9.90 Å². The second-order valence-corrected chi connectivity index (χ2v) is 5.40. The predicted octanol–water partition coefficient (Wildman–Crippen LogP) is 3.40. The summed E-state index contributed by atoms with van der Waals surface area (Å²) in [6.45, 7) is 3.42. The Balaban J connectivity index is 2.78. The molecular weight excluding hydrogens is 269 g/mol. The number of aliphatic carboxylic acids is 1. The Labute approximate surface area is 108 Å². The van der Waals surface area contributed by atoms with Gasteiger partial charge in [-0.15, -0.1) is 11.8 Å². The van der Waals surface area contributed by atoms with E-state index in [1.165, 1.54) is 11.8 Å². The smallest absolute Gasteiger partial charge is 0.316 e. The van der Waals surface area contributed by atoms with E-state index in [1.54, 1.807) is 19.9 Å². The fourth-order valence-corrected chi connectivity index (χ4v) is 2.71. The van der Waals surface area contributed by atoms with Crippen LogP contribution in [0.4, 0.5) is 0 Å². The molecule has 1 rings (SSSR count). The molecule has 0 aliphatic carbocycles. The minimum Gasteiger partial charge on any atom is -0.480 e. The number of aryl methyl sites for hydroxylation is 1. The fourth-order valence-electron chi connectivity index (χ4n) is 1.03. The van der Waals surface area contributed by atoms with E-state index in [0.29, 0.717) is 21.5 Å². The van der Waals surface area contributed by atoms with Gasteiger partial charge in [-0.25, -0.2) is 4.98 Å². The van der Waals surface area contributed by atoms with Gasteiger partial charge in [0.1, 0.15) is 5.15 Å². The Morgan fingerprint density at radius 1 is 1.62 bits per heavy atom. The maximum Gasteiger partial charge on any atom is 0.316 e. The van der Waals surface area contributed by atoms with Crippen LogP contribution < -0.4 is 0 Å². The number of rotatable bonds is 4. The Kier molecular flexibility index (Phi) is 4.89. The summed E-state index contributed by atoms with van der Waals surface area (Å²) in [5, 5.41) is 9.12. The topological polar surface area (TPSA) is 50.2 Å². The zero-order chi connectivity index (χ0) is 12.3. The summed E-state index contributed by atoms with van der Waals surface area (Å²) < 4.78 is 0. The molecule has 88 valence electrons. The lowest BCUT2D eigenvalue weighted by Crippen LogP contribution is -2.11. The number of nitrogens with zero attached hydrogens (tertiary/aromatic N) is 1. The van der Waals surface area contributed by atoms with Crippen molar-refractivity contribution in [2.75, 3.05) is 0 Å². The number of hydrogen-bond donors (Lipinski definition) is 1. The molecule has 1 aromatic rings. The van der Waals surface area contributed by atoms with Crippen LogP contribution in [0.2, 0.25) is 10.2 Å². The van der Waals surface area contributed by atoms with Gasteiger partial charge in [-0.3, -0.25) is 4.79 Å². The van der Waals surface area contributed by atoms with Gasteiger partial charge in [-0.05, 0) is 19.9 Å². The first-order chi connectivity index (χ1) is 7.41. The molecule has 1 aromatic heterocycles. The highest BCUT2D eigenvalue weighted by atomic mass is 35.5. The van der Waals surface area contributed by atoms with Gasteiger partial charge in [0.2, 0.25) is 0 Å². The number of thioether (sulfide) groups is 1. The second kappa shape index (κ2) is 5.75. The fraction of sp³-hybridized carbons (Fsp3) is 0.400. The summed E-state index contributed by atoms with van der Waals surface area (Å²) >= 11 is 13.2. The van der Waals surface area contributed by atoms with Gasteiger partial charge in [-0.2, -0.15) is 0 Å². The third-order valence-corrected chi connectivity index (χ3v) is 3.78. The van der Waals surface area contributed by atoms with Gasteiger partial charge in [0.15, 0.2) is 0 Å². The van der Waals surface area contributed by atoms with E-state index in [1.807, 2.05) is 0 Å². The van der Waals surface area contributed by atoms with E-state index in [9.17, 15) is 4.79 Å². The lowest BCUT2D eigenvalue weighted by Gasteiger charge is -2.09. The van der Waals surface area contributed by atoms with Crippen molar-refractivity contribution in [1.82, 2.24) is 4.98 Å². The maximum absolute atomic E-state index is 10.6. The quantitative estimate of drug-likeness (QED) is 0.859. The molecule has 3 nitrogen and oxygen atoms in total. The van der Waals surface area contributed by atoms with E-state index in [0.717, 1.165) is 5.69 Å². The molecule has 1 heterocycles. The zero-order valence-electron chi connectivity index (χ0n) is 8.83. The summed E-state index contributed by atoms with van der Waals surface area (Å²) in [5.74, 6) is -0.407. The van der Waals surface area contributed by atoms with Crippen LogP contribution in [0.3, 0.4) is 0 Å². The first-order valence-electron chi connectivity index (χ1n) is 4.57. The highest BCUT2D eigenvalue weighted by Crippen LogP contribution is 2.29. The van der Waals surface area contributed by atoms with Gasteiger partial charge in [0.25, 0.3) is 0 Å². The number of hydrogen-bond acceptors (Lipinski definition) is 3. The standard InChI is InChI=1S/C10H11Cl2NO2S/c1-5-3-8(11)7(9(12)13-5)4-16-6(2)10(14)15/h3,6H,4H2,1-2H3,(H,14,15). The molecule has 0 spiro atoms. The van der Waals surface area contributed by atoms with Crippen molar-refractivity contribution in [3.8, 4) is 0 Å². The first-order valence-corrected chi connectivity index (χ1v) is 6.38. The molecule has 0 saturated carbocycles. The number of pyridine rings is 1. The average molecular weight is 280 g/mol. The molecule has 1 atom stereocenters. The number of aromatic nitrogens is 1. The molecule has 1 N–H and O–H groups in total. The normalized spacial score (nSPS) is 12.5. The van der Waals surface area contributed by atoms with Crippen LogP contribution in [-0.2, 0) is 10.5 Å². The highest BCUT2D eigenvalue weighted by molar-refractivity contribution is 7.99. The third kappa shape index (κ3) is 3.54. The van der Waals surface area contributed by atoms with Gasteiger partial charge in [0.05, 0.1) is 5.25 Å². The lowest BCUT2D eigenvalue weighted by molar-refractivity contribution is -0.136. The summed E-state index contributed by atoms with van der Waals surface area (Å²) in [6, 6.07) is 1.72. The predicted molar refractivity (Wildman–Crippen MR) is 67.4 cm³/mol. The molecule has 0 aliphatic heterocycles. The molecule has 6 heteroatoms. The van der Waals surface area contributed by atoms with Crippen molar-refractivity contribution in [2.24, 2.45) is 0 Å². The average Bonchev–Trinajstić information content (AvgIpc) is 2.15.